The largest absolute Gasteiger partial charge is 1.00 e. The summed E-state index contributed by atoms with van der Waals surface area (Å²) in [5.74, 6) is -2.15. The molecule has 0 aliphatic carbocycles. The zero-order valence-corrected chi connectivity index (χ0v) is 9.44. The second-order valence-electron chi connectivity index (χ2n) is 1.99. The number of phenolic OH excluding ortho intramolecular Hbond substituents is 1. The molecule has 14 heavy (non-hydrogen) atoms. The molecule has 1 rings (SSSR count). The number of hydrogen-bond donors (Lipinski definition) is 2. The van der Waals surface area contributed by atoms with Gasteiger partial charge in [0.1, 0.15) is 11.5 Å². The number of aromatic carboxylic acids is 1. The zero-order chi connectivity index (χ0) is 8.43. The van der Waals surface area contributed by atoms with Crippen LogP contribution in [-0.2, 0) is 0 Å². The first-order valence-corrected chi connectivity index (χ1v) is 2.84. The quantitative estimate of drug-likeness (QED) is 0.354. The van der Waals surface area contributed by atoms with Crippen LogP contribution < -0.4 is 34.7 Å². The van der Waals surface area contributed by atoms with Crippen LogP contribution in [0.5, 0.6) is 11.5 Å². The fraction of sp³-hybridized carbons (Fsp3) is 0. The molecule has 0 bridgehead atoms. The van der Waals surface area contributed by atoms with Crippen LogP contribution in [0.2, 0.25) is 0 Å². The van der Waals surface area contributed by atoms with Gasteiger partial charge >= 0.3 is 29.6 Å². The Kier molecular flexibility index (Phi) is 10.3. The van der Waals surface area contributed by atoms with Gasteiger partial charge in [0.2, 0.25) is 0 Å². The molecule has 0 atom stereocenters. The Bertz CT molecular complexity index is 300. The van der Waals surface area contributed by atoms with Gasteiger partial charge in [-0.15, -0.1) is 0 Å². The molecule has 74 valence electrons. The topological polar surface area (TPSA) is 144 Å². The summed E-state index contributed by atoms with van der Waals surface area (Å²) in [6, 6.07) is 3.19. The van der Waals surface area contributed by atoms with E-state index in [0.717, 1.165) is 12.1 Å². The summed E-state index contributed by atoms with van der Waals surface area (Å²) in [6.45, 7) is 0. The van der Waals surface area contributed by atoms with Crippen molar-refractivity contribution in [2.45, 2.75) is 0 Å². The van der Waals surface area contributed by atoms with Crippen LogP contribution in [0.4, 0.5) is 0 Å². The van der Waals surface area contributed by atoms with Gasteiger partial charge in [-0.25, -0.2) is 0 Å². The van der Waals surface area contributed by atoms with Gasteiger partial charge < -0.3 is 31.1 Å². The minimum atomic E-state index is -1.52. The van der Waals surface area contributed by atoms with Crippen LogP contribution in [0.25, 0.3) is 0 Å². The molecular weight excluding hydrogens is 203 g/mol. The molecule has 7 heteroatoms. The first-order chi connectivity index (χ1) is 5.11. The van der Waals surface area contributed by atoms with Gasteiger partial charge in [0.15, 0.2) is 0 Å². The minimum Gasteiger partial charge on any atom is -0.545 e. The normalized spacial score (nSPS) is 7.43. The van der Waals surface area contributed by atoms with Crippen LogP contribution in [0.3, 0.4) is 0 Å². The number of carboxylic acid groups (broad SMARTS) is 1. The van der Waals surface area contributed by atoms with E-state index in [1.165, 1.54) is 6.07 Å². The average Bonchev–Trinajstić information content (AvgIpc) is 1.94. The number of carbonyl (C=O) groups is 1. The van der Waals surface area contributed by atoms with Gasteiger partial charge in [0.25, 0.3) is 0 Å². The van der Waals surface area contributed by atoms with E-state index in [-0.39, 0.29) is 46.3 Å². The molecule has 0 fully saturated rings. The summed E-state index contributed by atoms with van der Waals surface area (Å²) < 4.78 is 0. The summed E-state index contributed by atoms with van der Waals surface area (Å²) in [6.07, 6.45) is 0. The molecular formula is C7H9NaO6. The predicted octanol–water partition coefficient (Wildman–Crippen LogP) is -5.18. The van der Waals surface area contributed by atoms with Crippen LogP contribution in [0.1, 0.15) is 10.4 Å². The van der Waals surface area contributed by atoms with Crippen molar-refractivity contribution in [2.75, 3.05) is 0 Å². The van der Waals surface area contributed by atoms with Gasteiger partial charge in [-0.1, -0.05) is 0 Å². The molecule has 6 N–H and O–H groups in total. The predicted molar refractivity (Wildman–Crippen MR) is 41.3 cm³/mol. The molecule has 0 saturated heterocycles. The van der Waals surface area contributed by atoms with Crippen molar-refractivity contribution in [1.29, 1.82) is 0 Å². The van der Waals surface area contributed by atoms with Crippen molar-refractivity contribution in [2.24, 2.45) is 0 Å². The second-order valence-corrected chi connectivity index (χ2v) is 1.99. The molecule has 0 aliphatic heterocycles. The first kappa shape index (κ1) is 18.9. The van der Waals surface area contributed by atoms with Gasteiger partial charge in [0.05, 0.1) is 5.97 Å². The number of rotatable bonds is 1. The molecule has 0 amide bonds. The number of phenols is 2. The number of carboxylic acids is 1. The van der Waals surface area contributed by atoms with Crippen molar-refractivity contribution in [3.05, 3.63) is 23.8 Å². The maximum atomic E-state index is 10.2. The monoisotopic (exact) mass is 212 g/mol. The third-order valence-corrected chi connectivity index (χ3v) is 1.20. The van der Waals surface area contributed by atoms with E-state index in [2.05, 4.69) is 0 Å². The molecule has 0 spiro atoms. The standard InChI is InChI=1S/C7H6O4.Na.2H2O/c8-4-1-2-6(9)5(3-4)7(10)11;;;/h1-3,8-9H,(H,10,11);;2*1H2/q;+1;;/p-1. The molecule has 0 aromatic heterocycles. The van der Waals surface area contributed by atoms with E-state index >= 15 is 0 Å². The molecule has 0 unspecified atom stereocenters. The molecule has 0 aliphatic rings. The summed E-state index contributed by atoms with van der Waals surface area (Å²) >= 11 is 0. The smallest absolute Gasteiger partial charge is 0.545 e. The summed E-state index contributed by atoms with van der Waals surface area (Å²) in [4.78, 5) is 10.2. The summed E-state index contributed by atoms with van der Waals surface area (Å²) in [7, 11) is 0. The van der Waals surface area contributed by atoms with Gasteiger partial charge in [-0.05, 0) is 18.2 Å². The maximum absolute atomic E-state index is 10.2. The van der Waals surface area contributed by atoms with Crippen molar-refractivity contribution in [3.63, 3.8) is 0 Å². The number of aromatic hydroxyl groups is 2. The van der Waals surface area contributed by atoms with Crippen molar-refractivity contribution >= 4 is 5.97 Å². The van der Waals surface area contributed by atoms with Gasteiger partial charge in [-0.3, -0.25) is 0 Å². The van der Waals surface area contributed by atoms with Gasteiger partial charge in [-0.2, -0.15) is 0 Å². The fourth-order valence-electron chi connectivity index (χ4n) is 0.688. The van der Waals surface area contributed by atoms with E-state index in [0.29, 0.717) is 0 Å². The van der Waals surface area contributed by atoms with E-state index in [4.69, 9.17) is 10.2 Å². The average molecular weight is 212 g/mol. The van der Waals surface area contributed by atoms with Crippen LogP contribution in [0.15, 0.2) is 18.2 Å². The molecule has 0 heterocycles. The summed E-state index contributed by atoms with van der Waals surface area (Å²) in [5, 5.41) is 27.8. The maximum Gasteiger partial charge on any atom is 1.00 e. The van der Waals surface area contributed by atoms with E-state index < -0.39 is 17.3 Å². The summed E-state index contributed by atoms with van der Waals surface area (Å²) in [5.41, 5.74) is -0.412. The van der Waals surface area contributed by atoms with Crippen LogP contribution in [0, 0.1) is 0 Å². The molecule has 0 saturated carbocycles. The Morgan fingerprint density at radius 3 is 2.07 bits per heavy atom. The molecule has 0 radical (unpaired) electrons. The fourth-order valence-corrected chi connectivity index (χ4v) is 0.688. The Hall–Kier alpha value is -0.790. The minimum absolute atomic E-state index is 0. The van der Waals surface area contributed by atoms with Gasteiger partial charge in [0, 0.05) is 5.56 Å². The van der Waals surface area contributed by atoms with Crippen LogP contribution >= 0.6 is 0 Å². The van der Waals surface area contributed by atoms with Crippen molar-refractivity contribution in [3.8, 4) is 11.5 Å². The number of hydrogen-bond acceptors (Lipinski definition) is 4. The van der Waals surface area contributed by atoms with Crippen LogP contribution in [-0.4, -0.2) is 27.1 Å². The number of carbonyl (C=O) groups excluding carboxylic acids is 1. The Balaban J connectivity index is -0.000000403. The number of benzene rings is 1. The van der Waals surface area contributed by atoms with E-state index in [1.807, 2.05) is 0 Å². The SMILES string of the molecule is O.O.O=C([O-])c1cc(O)ccc1O.[Na+]. The van der Waals surface area contributed by atoms with Crippen molar-refractivity contribution in [1.82, 2.24) is 0 Å². The first-order valence-electron chi connectivity index (χ1n) is 2.84. The molecule has 1 aromatic carbocycles. The Morgan fingerprint density at radius 2 is 1.71 bits per heavy atom. The Morgan fingerprint density at radius 1 is 1.21 bits per heavy atom. The zero-order valence-electron chi connectivity index (χ0n) is 7.44. The van der Waals surface area contributed by atoms with E-state index in [1.54, 1.807) is 0 Å². The molecule has 6 nitrogen and oxygen atoms in total. The third kappa shape index (κ3) is 4.45. The second kappa shape index (κ2) is 7.60. The van der Waals surface area contributed by atoms with E-state index in [9.17, 15) is 9.90 Å². The molecule has 1 aromatic rings. The van der Waals surface area contributed by atoms with Crippen molar-refractivity contribution < 1.29 is 60.6 Å². The Labute approximate surface area is 102 Å². The third-order valence-electron chi connectivity index (χ3n) is 1.20.